The van der Waals surface area contributed by atoms with Gasteiger partial charge in [0.1, 0.15) is 11.2 Å². The Balaban J connectivity index is 1.80. The number of hydrogen-bond donors (Lipinski definition) is 2. The zero-order valence-corrected chi connectivity index (χ0v) is 13.6. The predicted molar refractivity (Wildman–Crippen MR) is 93.3 cm³/mol. The summed E-state index contributed by atoms with van der Waals surface area (Å²) in [5.74, 6) is -0.497. The lowest BCUT2D eigenvalue weighted by Crippen LogP contribution is -2.18. The summed E-state index contributed by atoms with van der Waals surface area (Å²) in [5, 5.41) is 24.1. The van der Waals surface area contributed by atoms with Crippen molar-refractivity contribution >= 4 is 27.8 Å². The molecule has 0 saturated carbocycles. The third kappa shape index (κ3) is 2.37. The van der Waals surface area contributed by atoms with Crippen molar-refractivity contribution in [3.05, 3.63) is 50.9 Å². The van der Waals surface area contributed by atoms with E-state index >= 15 is 0 Å². The van der Waals surface area contributed by atoms with E-state index in [2.05, 4.69) is 10.1 Å². The van der Waals surface area contributed by atoms with Gasteiger partial charge in [-0.3, -0.25) is 4.79 Å². The Morgan fingerprint density at radius 1 is 1.25 bits per heavy atom. The Kier molecular flexibility index (Phi) is 3.57. The van der Waals surface area contributed by atoms with Crippen LogP contribution in [0.15, 0.2) is 34.4 Å². The lowest BCUT2D eigenvalue weighted by molar-refractivity contribution is 0.403. The first-order valence-corrected chi connectivity index (χ1v) is 8.54. The van der Waals surface area contributed by atoms with Crippen molar-refractivity contribution in [2.75, 3.05) is 0 Å². The number of rotatable bonds is 2. The standard InChI is InChI=1S/C17H15N3O3S/c21-12-6-3-4-10(15(12)22)8-19-20-9-18-16-14(17(20)23)11-5-1-2-7-13(11)24-16/h3-4,6,8-9,21-22H,1-2,5,7H2. The van der Waals surface area contributed by atoms with Gasteiger partial charge < -0.3 is 10.2 Å². The van der Waals surface area contributed by atoms with Crippen LogP contribution in [0.4, 0.5) is 0 Å². The van der Waals surface area contributed by atoms with E-state index in [1.54, 1.807) is 23.5 Å². The Morgan fingerprint density at radius 2 is 2.08 bits per heavy atom. The molecular weight excluding hydrogens is 326 g/mol. The van der Waals surface area contributed by atoms with Crippen molar-refractivity contribution < 1.29 is 10.2 Å². The predicted octanol–water partition coefficient (Wildman–Crippen LogP) is 2.63. The second kappa shape index (κ2) is 5.76. The second-order valence-electron chi connectivity index (χ2n) is 5.74. The minimum absolute atomic E-state index is 0.199. The molecular formula is C17H15N3O3S. The smallest absolute Gasteiger partial charge is 0.282 e. The number of aromatic hydroxyl groups is 2. The first-order valence-electron chi connectivity index (χ1n) is 7.72. The molecule has 7 heteroatoms. The summed E-state index contributed by atoms with van der Waals surface area (Å²) < 4.78 is 1.17. The number of nitrogens with zero attached hydrogens (tertiary/aromatic N) is 3. The van der Waals surface area contributed by atoms with E-state index in [0.717, 1.165) is 36.1 Å². The van der Waals surface area contributed by atoms with Crippen LogP contribution in [0.25, 0.3) is 10.2 Å². The molecule has 1 aliphatic rings. The maximum absolute atomic E-state index is 12.7. The minimum atomic E-state index is -0.267. The third-order valence-corrected chi connectivity index (χ3v) is 5.43. The van der Waals surface area contributed by atoms with Crippen LogP contribution >= 0.6 is 11.3 Å². The second-order valence-corrected chi connectivity index (χ2v) is 6.83. The topological polar surface area (TPSA) is 87.7 Å². The zero-order chi connectivity index (χ0) is 16.7. The molecule has 0 amide bonds. The van der Waals surface area contributed by atoms with E-state index in [4.69, 9.17) is 0 Å². The summed E-state index contributed by atoms with van der Waals surface area (Å²) in [6.07, 6.45) is 6.89. The molecule has 0 radical (unpaired) electrons. The normalized spacial score (nSPS) is 14.3. The number of fused-ring (bicyclic) bond motifs is 3. The number of phenolic OH excluding ortho intramolecular Hbond substituents is 2. The summed E-state index contributed by atoms with van der Waals surface area (Å²) in [7, 11) is 0. The number of aryl methyl sites for hydroxylation is 2. The van der Waals surface area contributed by atoms with Gasteiger partial charge in [-0.05, 0) is 43.4 Å². The molecule has 0 aliphatic heterocycles. The largest absolute Gasteiger partial charge is 0.504 e. The number of para-hydroxylation sites is 1. The molecule has 4 rings (SSSR count). The number of aromatic nitrogens is 2. The molecule has 6 nitrogen and oxygen atoms in total. The number of hydrogen-bond acceptors (Lipinski definition) is 6. The summed E-state index contributed by atoms with van der Waals surface area (Å²) in [4.78, 5) is 19.1. The van der Waals surface area contributed by atoms with Gasteiger partial charge in [-0.25, -0.2) is 4.98 Å². The van der Waals surface area contributed by atoms with Crippen molar-refractivity contribution in [2.45, 2.75) is 25.7 Å². The zero-order valence-electron chi connectivity index (χ0n) is 12.8. The van der Waals surface area contributed by atoms with Crippen LogP contribution in [-0.4, -0.2) is 26.1 Å². The average molecular weight is 341 g/mol. The molecule has 0 bridgehead atoms. The molecule has 0 fully saturated rings. The molecule has 1 aliphatic carbocycles. The van der Waals surface area contributed by atoms with Crippen molar-refractivity contribution in [2.24, 2.45) is 5.10 Å². The molecule has 2 N–H and O–H groups in total. The quantitative estimate of drug-likeness (QED) is 0.554. The van der Waals surface area contributed by atoms with Crippen molar-refractivity contribution in [1.82, 2.24) is 9.66 Å². The van der Waals surface area contributed by atoms with E-state index in [9.17, 15) is 15.0 Å². The monoisotopic (exact) mass is 341 g/mol. The fourth-order valence-electron chi connectivity index (χ4n) is 3.00. The van der Waals surface area contributed by atoms with E-state index in [0.29, 0.717) is 10.9 Å². The molecule has 0 unspecified atom stereocenters. The van der Waals surface area contributed by atoms with Gasteiger partial charge in [0, 0.05) is 10.4 Å². The summed E-state index contributed by atoms with van der Waals surface area (Å²) in [6.45, 7) is 0. The molecule has 122 valence electrons. The van der Waals surface area contributed by atoms with Gasteiger partial charge in [-0.1, -0.05) is 6.07 Å². The average Bonchev–Trinajstić information content (AvgIpc) is 2.97. The van der Waals surface area contributed by atoms with Crippen LogP contribution in [0.3, 0.4) is 0 Å². The molecule has 0 atom stereocenters. The lowest BCUT2D eigenvalue weighted by atomic mass is 9.97. The molecule has 0 saturated heterocycles. The molecule has 0 spiro atoms. The van der Waals surface area contributed by atoms with Crippen molar-refractivity contribution in [3.63, 3.8) is 0 Å². The SMILES string of the molecule is O=c1c2c3c(sc2ncn1N=Cc1cccc(O)c1O)CCCC3. The summed E-state index contributed by atoms with van der Waals surface area (Å²) in [5.41, 5.74) is 1.24. The van der Waals surface area contributed by atoms with E-state index in [1.165, 1.54) is 28.2 Å². The van der Waals surface area contributed by atoms with E-state index in [1.807, 2.05) is 0 Å². The summed E-state index contributed by atoms with van der Waals surface area (Å²) in [6, 6.07) is 4.57. The van der Waals surface area contributed by atoms with Crippen LogP contribution in [0.2, 0.25) is 0 Å². The Hall–Kier alpha value is -2.67. The minimum Gasteiger partial charge on any atom is -0.504 e. The van der Waals surface area contributed by atoms with Crippen molar-refractivity contribution in [1.29, 1.82) is 0 Å². The van der Waals surface area contributed by atoms with Gasteiger partial charge in [0.15, 0.2) is 11.5 Å². The van der Waals surface area contributed by atoms with Gasteiger partial charge in [0.2, 0.25) is 0 Å². The Bertz CT molecular complexity index is 1020. The molecule has 24 heavy (non-hydrogen) atoms. The highest BCUT2D eigenvalue weighted by Gasteiger charge is 2.19. The van der Waals surface area contributed by atoms with Crippen LogP contribution in [0.1, 0.15) is 28.8 Å². The van der Waals surface area contributed by atoms with Crippen molar-refractivity contribution in [3.8, 4) is 11.5 Å². The van der Waals surface area contributed by atoms with E-state index < -0.39 is 0 Å². The van der Waals surface area contributed by atoms with Gasteiger partial charge in [0.05, 0.1) is 11.6 Å². The molecule has 2 heterocycles. The first-order chi connectivity index (χ1) is 11.6. The first kappa shape index (κ1) is 14.9. The van der Waals surface area contributed by atoms with E-state index in [-0.39, 0.29) is 17.1 Å². The number of phenols is 2. The maximum Gasteiger partial charge on any atom is 0.282 e. The van der Waals surface area contributed by atoms with Crippen LogP contribution < -0.4 is 5.56 Å². The van der Waals surface area contributed by atoms with Crippen LogP contribution in [0.5, 0.6) is 11.5 Å². The molecule has 1 aromatic carbocycles. The molecule has 3 aromatic rings. The highest BCUT2D eigenvalue weighted by Crippen LogP contribution is 2.33. The van der Waals surface area contributed by atoms with Gasteiger partial charge >= 0.3 is 0 Å². The number of benzene rings is 1. The van der Waals surface area contributed by atoms with Crippen LogP contribution in [-0.2, 0) is 12.8 Å². The number of thiophene rings is 1. The highest BCUT2D eigenvalue weighted by molar-refractivity contribution is 7.18. The third-order valence-electron chi connectivity index (χ3n) is 4.23. The Morgan fingerprint density at radius 3 is 2.96 bits per heavy atom. The Labute approximate surface area is 141 Å². The lowest BCUT2D eigenvalue weighted by Gasteiger charge is -2.09. The fraction of sp³-hybridized carbons (Fsp3) is 0.235. The fourth-order valence-corrected chi connectivity index (χ4v) is 4.22. The summed E-state index contributed by atoms with van der Waals surface area (Å²) >= 11 is 1.59. The molecule has 2 aromatic heterocycles. The highest BCUT2D eigenvalue weighted by atomic mass is 32.1. The van der Waals surface area contributed by atoms with Gasteiger partial charge in [0.25, 0.3) is 5.56 Å². The van der Waals surface area contributed by atoms with Crippen LogP contribution in [0, 0.1) is 0 Å². The maximum atomic E-state index is 12.7. The van der Waals surface area contributed by atoms with Gasteiger partial charge in [-0.15, -0.1) is 11.3 Å². The van der Waals surface area contributed by atoms with Gasteiger partial charge in [-0.2, -0.15) is 9.78 Å².